The Labute approximate surface area is 196 Å². The van der Waals surface area contributed by atoms with E-state index >= 15 is 0 Å². The average Bonchev–Trinajstić information content (AvgIpc) is 2.81. The lowest BCUT2D eigenvalue weighted by molar-refractivity contribution is -0.147. The number of piperidine rings is 1. The maximum atomic E-state index is 13.9. The van der Waals surface area contributed by atoms with Gasteiger partial charge in [0.05, 0.1) is 31.4 Å². The maximum absolute atomic E-state index is 13.9. The maximum Gasteiger partial charge on any atom is 0.309 e. The van der Waals surface area contributed by atoms with Gasteiger partial charge < -0.3 is 14.4 Å². The minimum atomic E-state index is -0.171. The number of anilines is 2. The number of ether oxygens (including phenoxy) is 2. The Kier molecular flexibility index (Phi) is 7.61. The molecule has 178 valence electrons. The highest BCUT2D eigenvalue weighted by Gasteiger charge is 2.34. The molecular weight excluding hydrogens is 418 g/mol. The molecule has 1 aliphatic heterocycles. The van der Waals surface area contributed by atoms with Crippen molar-refractivity contribution in [2.75, 3.05) is 43.7 Å². The van der Waals surface area contributed by atoms with Crippen molar-refractivity contribution in [1.29, 1.82) is 0 Å². The van der Waals surface area contributed by atoms with Gasteiger partial charge in [0.2, 0.25) is 0 Å². The van der Waals surface area contributed by atoms with E-state index in [1.54, 1.807) is 18.2 Å². The van der Waals surface area contributed by atoms with Crippen LogP contribution < -0.4 is 14.5 Å². The SMILES string of the molecule is COC(=O)C1CCN(c2cc(OC)ccc2C(=O)N(CC(C)(C)C)c2ccccn2)CC1C. The average molecular weight is 454 g/mol. The lowest BCUT2D eigenvalue weighted by atomic mass is 9.86. The highest BCUT2D eigenvalue weighted by atomic mass is 16.5. The minimum absolute atomic E-state index is 0.0989. The summed E-state index contributed by atoms with van der Waals surface area (Å²) in [6, 6.07) is 11.1. The number of aromatic nitrogens is 1. The zero-order valence-electron chi connectivity index (χ0n) is 20.5. The molecular formula is C26H35N3O4. The Bertz CT molecular complexity index is 971. The third kappa shape index (κ3) is 5.83. The van der Waals surface area contributed by atoms with Gasteiger partial charge in [-0.15, -0.1) is 0 Å². The Morgan fingerprint density at radius 2 is 1.94 bits per heavy atom. The van der Waals surface area contributed by atoms with E-state index in [1.807, 2.05) is 36.4 Å². The van der Waals surface area contributed by atoms with E-state index in [0.717, 1.165) is 5.69 Å². The first-order chi connectivity index (χ1) is 15.6. The zero-order chi connectivity index (χ0) is 24.2. The predicted molar refractivity (Wildman–Crippen MR) is 130 cm³/mol. The number of esters is 1. The number of nitrogens with zero attached hydrogens (tertiary/aromatic N) is 3. The number of methoxy groups -OCH3 is 2. The molecule has 0 bridgehead atoms. The summed E-state index contributed by atoms with van der Waals surface area (Å²) in [5.41, 5.74) is 1.28. The van der Waals surface area contributed by atoms with Crippen molar-refractivity contribution < 1.29 is 19.1 Å². The zero-order valence-corrected chi connectivity index (χ0v) is 20.5. The molecule has 7 heteroatoms. The van der Waals surface area contributed by atoms with Crippen molar-refractivity contribution in [3.8, 4) is 5.75 Å². The highest BCUT2D eigenvalue weighted by molar-refractivity contribution is 6.09. The molecule has 0 aliphatic carbocycles. The predicted octanol–water partition coefficient (Wildman–Crippen LogP) is 4.42. The topological polar surface area (TPSA) is 72.0 Å². The molecule has 2 unspecified atom stereocenters. The van der Waals surface area contributed by atoms with Crippen molar-refractivity contribution in [3.63, 3.8) is 0 Å². The molecule has 0 N–H and O–H groups in total. The van der Waals surface area contributed by atoms with Gasteiger partial charge in [-0.3, -0.25) is 14.5 Å². The molecule has 2 atom stereocenters. The van der Waals surface area contributed by atoms with Crippen molar-refractivity contribution in [1.82, 2.24) is 4.98 Å². The fourth-order valence-corrected chi connectivity index (χ4v) is 4.34. The lowest BCUT2D eigenvalue weighted by Gasteiger charge is -2.38. The minimum Gasteiger partial charge on any atom is -0.497 e. The van der Waals surface area contributed by atoms with Gasteiger partial charge in [-0.2, -0.15) is 0 Å². The van der Waals surface area contributed by atoms with Crippen LogP contribution in [-0.4, -0.2) is 50.7 Å². The lowest BCUT2D eigenvalue weighted by Crippen LogP contribution is -2.44. The van der Waals surface area contributed by atoms with Gasteiger partial charge >= 0.3 is 5.97 Å². The van der Waals surface area contributed by atoms with E-state index in [-0.39, 0.29) is 29.1 Å². The van der Waals surface area contributed by atoms with Gasteiger partial charge in [-0.25, -0.2) is 4.98 Å². The summed E-state index contributed by atoms with van der Waals surface area (Å²) in [5, 5.41) is 0. The van der Waals surface area contributed by atoms with Crippen LogP contribution in [0.5, 0.6) is 5.75 Å². The van der Waals surface area contributed by atoms with E-state index in [4.69, 9.17) is 9.47 Å². The summed E-state index contributed by atoms with van der Waals surface area (Å²) in [7, 11) is 3.05. The van der Waals surface area contributed by atoms with Crippen LogP contribution in [0.2, 0.25) is 0 Å². The number of hydrogen-bond acceptors (Lipinski definition) is 6. The number of benzene rings is 1. The molecule has 0 spiro atoms. The van der Waals surface area contributed by atoms with Crippen LogP contribution in [0.15, 0.2) is 42.6 Å². The summed E-state index contributed by atoms with van der Waals surface area (Å²) in [4.78, 5) is 34.4. The molecule has 2 heterocycles. The first-order valence-electron chi connectivity index (χ1n) is 11.4. The van der Waals surface area contributed by atoms with E-state index < -0.39 is 0 Å². The van der Waals surface area contributed by atoms with Crippen molar-refractivity contribution >= 4 is 23.4 Å². The molecule has 0 radical (unpaired) electrons. The van der Waals surface area contributed by atoms with E-state index in [1.165, 1.54) is 7.11 Å². The molecule has 7 nitrogen and oxygen atoms in total. The Balaban J connectivity index is 1.99. The second-order valence-corrected chi connectivity index (χ2v) is 9.86. The quantitative estimate of drug-likeness (QED) is 0.603. The van der Waals surface area contributed by atoms with E-state index in [9.17, 15) is 9.59 Å². The molecule has 1 aliphatic rings. The van der Waals surface area contributed by atoms with Crippen molar-refractivity contribution in [3.05, 3.63) is 48.2 Å². The smallest absolute Gasteiger partial charge is 0.309 e. The van der Waals surface area contributed by atoms with Crippen LogP contribution in [0.4, 0.5) is 11.5 Å². The Morgan fingerprint density at radius 3 is 2.52 bits per heavy atom. The van der Waals surface area contributed by atoms with Crippen LogP contribution in [-0.2, 0) is 9.53 Å². The van der Waals surface area contributed by atoms with Crippen molar-refractivity contribution in [2.45, 2.75) is 34.1 Å². The molecule has 1 aromatic heterocycles. The first kappa shape index (κ1) is 24.6. The van der Waals surface area contributed by atoms with Gasteiger partial charge in [0.15, 0.2) is 0 Å². The second-order valence-electron chi connectivity index (χ2n) is 9.86. The molecule has 1 fully saturated rings. The van der Waals surface area contributed by atoms with Crippen LogP contribution in [0.3, 0.4) is 0 Å². The summed E-state index contributed by atoms with van der Waals surface area (Å²) in [5.74, 6) is 0.991. The van der Waals surface area contributed by atoms with Gasteiger partial charge in [-0.1, -0.05) is 33.8 Å². The molecule has 2 aromatic rings. The third-order valence-electron chi connectivity index (χ3n) is 5.99. The largest absolute Gasteiger partial charge is 0.497 e. The van der Waals surface area contributed by atoms with Gasteiger partial charge in [0, 0.05) is 31.9 Å². The van der Waals surface area contributed by atoms with E-state index in [0.29, 0.717) is 43.2 Å². The molecule has 1 aromatic carbocycles. The fourth-order valence-electron chi connectivity index (χ4n) is 4.34. The monoisotopic (exact) mass is 453 g/mol. The number of carbonyl (C=O) groups is 2. The second kappa shape index (κ2) is 10.2. The normalized spacial score (nSPS) is 18.5. The Morgan fingerprint density at radius 1 is 1.18 bits per heavy atom. The van der Waals surface area contributed by atoms with Crippen LogP contribution in [0.1, 0.15) is 44.5 Å². The first-order valence-corrected chi connectivity index (χ1v) is 11.4. The number of hydrogen-bond donors (Lipinski definition) is 0. The standard InChI is InChI=1S/C26H35N3O4/c1-18-16-28(14-12-20(18)25(31)33-6)22-15-19(32-5)10-11-21(22)24(30)29(17-26(2,3)4)23-9-7-8-13-27-23/h7-11,13,15,18,20H,12,14,16-17H2,1-6H3. The third-order valence-corrected chi connectivity index (χ3v) is 5.99. The van der Waals surface area contributed by atoms with Gasteiger partial charge in [-0.05, 0) is 42.0 Å². The molecule has 33 heavy (non-hydrogen) atoms. The molecule has 1 amide bonds. The van der Waals surface area contributed by atoms with Crippen LogP contribution >= 0.6 is 0 Å². The summed E-state index contributed by atoms with van der Waals surface area (Å²) >= 11 is 0. The molecule has 1 saturated heterocycles. The van der Waals surface area contributed by atoms with Crippen LogP contribution in [0.25, 0.3) is 0 Å². The van der Waals surface area contributed by atoms with E-state index in [2.05, 4.69) is 37.6 Å². The fraction of sp³-hybridized carbons (Fsp3) is 0.500. The molecule has 0 saturated carbocycles. The highest BCUT2D eigenvalue weighted by Crippen LogP contribution is 2.34. The van der Waals surface area contributed by atoms with Crippen LogP contribution in [0, 0.1) is 17.3 Å². The summed E-state index contributed by atoms with van der Waals surface area (Å²) in [6.45, 7) is 10.2. The summed E-state index contributed by atoms with van der Waals surface area (Å²) < 4.78 is 10.5. The van der Waals surface area contributed by atoms with Gasteiger partial charge in [0.25, 0.3) is 5.91 Å². The summed E-state index contributed by atoms with van der Waals surface area (Å²) in [6.07, 6.45) is 2.37. The molecule has 3 rings (SSSR count). The number of rotatable bonds is 6. The Hall–Kier alpha value is -3.09. The number of carbonyl (C=O) groups excluding carboxylic acids is 2. The van der Waals surface area contributed by atoms with Crippen molar-refractivity contribution in [2.24, 2.45) is 17.3 Å². The number of amides is 1. The van der Waals surface area contributed by atoms with Gasteiger partial charge in [0.1, 0.15) is 11.6 Å². The number of pyridine rings is 1.